The van der Waals surface area contributed by atoms with Crippen LogP contribution in [0.2, 0.25) is 5.02 Å². The van der Waals surface area contributed by atoms with Crippen LogP contribution in [0.1, 0.15) is 19.8 Å². The van der Waals surface area contributed by atoms with Crippen LogP contribution in [-0.4, -0.2) is 43.6 Å². The quantitative estimate of drug-likeness (QED) is 0.802. The molecule has 116 valence electrons. The van der Waals surface area contributed by atoms with Crippen LogP contribution in [0.15, 0.2) is 24.3 Å². The van der Waals surface area contributed by atoms with E-state index in [0.29, 0.717) is 36.7 Å². The lowest BCUT2D eigenvalue weighted by Gasteiger charge is -2.19. The number of halogens is 1. The molecule has 1 N–H and O–H groups in total. The third-order valence-corrected chi connectivity index (χ3v) is 3.94. The van der Waals surface area contributed by atoms with E-state index < -0.39 is 0 Å². The van der Waals surface area contributed by atoms with E-state index in [2.05, 4.69) is 12.2 Å². The average Bonchev–Trinajstić information content (AvgIpc) is 3.25. The predicted molar refractivity (Wildman–Crippen MR) is 84.8 cm³/mol. The maximum absolute atomic E-state index is 11.9. The summed E-state index contributed by atoms with van der Waals surface area (Å²) in [5, 5.41) is 3.75. The average molecular weight is 311 g/mol. The number of amides is 1. The molecule has 0 radical (unpaired) electrons. The normalized spacial score (nSPS) is 15.8. The van der Waals surface area contributed by atoms with Crippen LogP contribution in [0.5, 0.6) is 5.75 Å². The van der Waals surface area contributed by atoms with Crippen LogP contribution >= 0.6 is 11.6 Å². The minimum absolute atomic E-state index is 0.0865. The molecule has 0 aliphatic heterocycles. The summed E-state index contributed by atoms with van der Waals surface area (Å²) in [6.07, 6.45) is 2.48. The van der Waals surface area contributed by atoms with Gasteiger partial charge in [0, 0.05) is 17.6 Å². The molecule has 0 heterocycles. The van der Waals surface area contributed by atoms with Crippen LogP contribution in [-0.2, 0) is 4.79 Å². The molecule has 0 spiro atoms. The van der Waals surface area contributed by atoms with Crippen molar-refractivity contribution in [2.75, 3.05) is 26.7 Å². The first-order chi connectivity index (χ1) is 10.0. The topological polar surface area (TPSA) is 41.6 Å². The summed E-state index contributed by atoms with van der Waals surface area (Å²) in [4.78, 5) is 13.8. The van der Waals surface area contributed by atoms with Gasteiger partial charge in [0.15, 0.2) is 0 Å². The minimum Gasteiger partial charge on any atom is -0.492 e. The highest BCUT2D eigenvalue weighted by atomic mass is 35.5. The highest BCUT2D eigenvalue weighted by Gasteiger charge is 2.28. The van der Waals surface area contributed by atoms with Crippen molar-refractivity contribution in [3.8, 4) is 5.75 Å². The van der Waals surface area contributed by atoms with E-state index in [-0.39, 0.29) is 5.91 Å². The van der Waals surface area contributed by atoms with E-state index in [1.54, 1.807) is 12.1 Å². The van der Waals surface area contributed by atoms with E-state index in [4.69, 9.17) is 16.3 Å². The van der Waals surface area contributed by atoms with Crippen molar-refractivity contribution >= 4 is 17.5 Å². The number of hydrogen-bond donors (Lipinski definition) is 1. The number of rotatable bonds is 8. The highest BCUT2D eigenvalue weighted by Crippen LogP contribution is 2.32. The number of carbonyl (C=O) groups is 1. The summed E-state index contributed by atoms with van der Waals surface area (Å²) in [5.41, 5.74) is 0. The molecule has 21 heavy (non-hydrogen) atoms. The fourth-order valence-corrected chi connectivity index (χ4v) is 2.31. The molecule has 1 aliphatic rings. The molecule has 4 nitrogen and oxygen atoms in total. The van der Waals surface area contributed by atoms with Gasteiger partial charge in [-0.15, -0.1) is 0 Å². The molecule has 1 amide bonds. The number of hydrogen-bond acceptors (Lipinski definition) is 3. The zero-order valence-corrected chi connectivity index (χ0v) is 13.4. The zero-order valence-electron chi connectivity index (χ0n) is 12.6. The molecule has 5 heteroatoms. The van der Waals surface area contributed by atoms with Crippen molar-refractivity contribution in [3.63, 3.8) is 0 Å². The van der Waals surface area contributed by atoms with Crippen LogP contribution in [0.25, 0.3) is 0 Å². The Kier molecular flexibility index (Phi) is 5.88. The Morgan fingerprint density at radius 2 is 2.10 bits per heavy atom. The molecule has 1 aromatic carbocycles. The molecule has 1 aliphatic carbocycles. The van der Waals surface area contributed by atoms with Crippen molar-refractivity contribution in [2.45, 2.75) is 25.8 Å². The Hall–Kier alpha value is -1.26. The third-order valence-electron chi connectivity index (χ3n) is 3.69. The fraction of sp³-hybridized carbons (Fsp3) is 0.562. The first-order valence-electron chi connectivity index (χ1n) is 7.41. The summed E-state index contributed by atoms with van der Waals surface area (Å²) >= 11 is 5.81. The van der Waals surface area contributed by atoms with Crippen molar-refractivity contribution in [1.82, 2.24) is 10.2 Å². The van der Waals surface area contributed by atoms with E-state index in [9.17, 15) is 4.79 Å². The van der Waals surface area contributed by atoms with Gasteiger partial charge in [-0.2, -0.15) is 0 Å². The zero-order chi connectivity index (χ0) is 15.2. The van der Waals surface area contributed by atoms with Crippen molar-refractivity contribution in [1.29, 1.82) is 0 Å². The lowest BCUT2D eigenvalue weighted by atomic mass is 10.2. The Morgan fingerprint density at radius 1 is 1.43 bits per heavy atom. The van der Waals surface area contributed by atoms with Gasteiger partial charge in [0.2, 0.25) is 5.91 Å². The molecule has 0 aromatic heterocycles. The summed E-state index contributed by atoms with van der Waals surface area (Å²) in [6, 6.07) is 7.58. The molecule has 1 atom stereocenters. The third kappa shape index (κ3) is 5.94. The maximum Gasteiger partial charge on any atom is 0.234 e. The number of carbonyl (C=O) groups excluding carboxylic acids is 1. The second kappa shape index (κ2) is 7.66. The number of likely N-dealkylation sites (N-methyl/N-ethyl adjacent to an activating group) is 1. The largest absolute Gasteiger partial charge is 0.492 e. The van der Waals surface area contributed by atoms with Crippen LogP contribution in [0, 0.1) is 5.92 Å². The van der Waals surface area contributed by atoms with Gasteiger partial charge < -0.3 is 10.1 Å². The molecular weight excluding hydrogens is 288 g/mol. The van der Waals surface area contributed by atoms with Gasteiger partial charge in [0.05, 0.1) is 6.54 Å². The Bertz CT molecular complexity index is 460. The standard InChI is InChI=1S/C16H23ClN2O2/c1-12(13-3-4-13)18-16(20)11-19(2)9-10-21-15-7-5-14(17)6-8-15/h5-8,12-13H,3-4,9-11H2,1-2H3,(H,18,20)/t12-/m0/s1. The van der Waals surface area contributed by atoms with Gasteiger partial charge in [-0.1, -0.05) is 11.6 Å². The molecule has 0 unspecified atom stereocenters. The van der Waals surface area contributed by atoms with E-state index in [1.165, 1.54) is 12.8 Å². The molecule has 1 saturated carbocycles. The van der Waals surface area contributed by atoms with Crippen LogP contribution in [0.4, 0.5) is 0 Å². The monoisotopic (exact) mass is 310 g/mol. The molecule has 1 aromatic rings. The second-order valence-electron chi connectivity index (χ2n) is 5.73. The Balaban J connectivity index is 1.61. The van der Waals surface area contributed by atoms with E-state index in [1.807, 2.05) is 24.1 Å². The molecule has 1 fully saturated rings. The van der Waals surface area contributed by atoms with Gasteiger partial charge in [0.1, 0.15) is 12.4 Å². The molecule has 0 bridgehead atoms. The van der Waals surface area contributed by atoms with Gasteiger partial charge in [-0.3, -0.25) is 9.69 Å². The number of ether oxygens (including phenoxy) is 1. The first-order valence-corrected chi connectivity index (χ1v) is 7.78. The lowest BCUT2D eigenvalue weighted by molar-refractivity contribution is -0.122. The van der Waals surface area contributed by atoms with Crippen LogP contribution < -0.4 is 10.1 Å². The smallest absolute Gasteiger partial charge is 0.234 e. The van der Waals surface area contributed by atoms with Gasteiger partial charge >= 0.3 is 0 Å². The Morgan fingerprint density at radius 3 is 2.71 bits per heavy atom. The molecule has 2 rings (SSSR count). The summed E-state index contributed by atoms with van der Waals surface area (Å²) in [7, 11) is 1.92. The fourth-order valence-electron chi connectivity index (χ4n) is 2.19. The van der Waals surface area contributed by atoms with Gasteiger partial charge in [-0.05, 0) is 57.0 Å². The SMILES string of the molecule is C[C@H](NC(=O)CN(C)CCOc1ccc(Cl)cc1)C1CC1. The molecular formula is C16H23ClN2O2. The summed E-state index contributed by atoms with van der Waals surface area (Å²) in [6.45, 7) is 3.73. The summed E-state index contributed by atoms with van der Waals surface area (Å²) in [5.74, 6) is 1.57. The first kappa shape index (κ1) is 16.1. The van der Waals surface area contributed by atoms with Crippen molar-refractivity contribution in [2.24, 2.45) is 5.92 Å². The van der Waals surface area contributed by atoms with Crippen molar-refractivity contribution < 1.29 is 9.53 Å². The lowest BCUT2D eigenvalue weighted by Crippen LogP contribution is -2.41. The number of nitrogens with one attached hydrogen (secondary N) is 1. The number of nitrogens with zero attached hydrogens (tertiary/aromatic N) is 1. The van der Waals surface area contributed by atoms with Gasteiger partial charge in [-0.25, -0.2) is 0 Å². The number of benzene rings is 1. The summed E-state index contributed by atoms with van der Waals surface area (Å²) < 4.78 is 5.61. The maximum atomic E-state index is 11.9. The second-order valence-corrected chi connectivity index (χ2v) is 6.17. The molecule has 0 saturated heterocycles. The van der Waals surface area contributed by atoms with Crippen LogP contribution in [0.3, 0.4) is 0 Å². The minimum atomic E-state index is 0.0865. The van der Waals surface area contributed by atoms with E-state index in [0.717, 1.165) is 5.75 Å². The van der Waals surface area contributed by atoms with Crippen molar-refractivity contribution in [3.05, 3.63) is 29.3 Å². The highest BCUT2D eigenvalue weighted by molar-refractivity contribution is 6.30. The van der Waals surface area contributed by atoms with Gasteiger partial charge in [0.25, 0.3) is 0 Å². The Labute approximate surface area is 131 Å². The van der Waals surface area contributed by atoms with E-state index >= 15 is 0 Å². The predicted octanol–water partition coefficient (Wildman–Crippen LogP) is 2.57.